The van der Waals surface area contributed by atoms with Crippen molar-refractivity contribution in [2.24, 2.45) is 0 Å². The molecule has 0 radical (unpaired) electrons. The van der Waals surface area contributed by atoms with Gasteiger partial charge in [-0.25, -0.2) is 0 Å². The Balaban J connectivity index is 0.000000493. The lowest BCUT2D eigenvalue weighted by molar-refractivity contribution is 0.169. The lowest BCUT2D eigenvalue weighted by atomic mass is 9.92. The van der Waals surface area contributed by atoms with Crippen molar-refractivity contribution in [2.45, 2.75) is 215 Å². The fraction of sp³-hybridized carbons (Fsp3) is 0.459. The minimum atomic E-state index is 0. The van der Waals surface area contributed by atoms with Gasteiger partial charge in [0.25, 0.3) is 0 Å². The predicted molar refractivity (Wildman–Crippen MR) is 373 cm³/mol. The van der Waals surface area contributed by atoms with Crippen molar-refractivity contribution < 1.29 is 9.47 Å². The van der Waals surface area contributed by atoms with Crippen LogP contribution in [0, 0.1) is 20.8 Å². The van der Waals surface area contributed by atoms with Crippen LogP contribution in [0.5, 0.6) is 11.5 Å². The molecule has 81 heavy (non-hydrogen) atoms. The Labute approximate surface area is 508 Å². The Morgan fingerprint density at radius 1 is 0.383 bits per heavy atom. The molecule has 0 fully saturated rings. The molecule has 9 aromatic rings. The average Bonchev–Trinajstić information content (AvgIpc) is 4.22. The van der Waals surface area contributed by atoms with Crippen molar-refractivity contribution in [2.75, 3.05) is 18.1 Å². The summed E-state index contributed by atoms with van der Waals surface area (Å²) < 4.78 is 13.7. The molecule has 5 aromatic carbocycles. The standard InChI is InChI=1S/C16H17N.C16H19N.C13H16S.C11H16O2S.C9H14S.4C2H6.CH4/c1-16(2,3)17-14-10-6-4-8-12(14)13-9-5-7-11-15(13)17;1-16(2,3)17(14-10-6-4-7-11-14)15-12-8-5-9-13-15;1-9-10-7-5-6-8-11(10)12(14-9)13(2,3)4;1-7-8-9(13-6-5-12-8)10(14-7)11(2,3)4;1-7-5-6-8(10-7)9(2,3)4;4*1-2;/h4-11H,1-3H3;4-13H,1-3H3;5-8H,1-4H3;5-6H2,1-4H3;5-6H,1-4H3;4*1-2H3;1H4. The zero-order valence-electron chi connectivity index (χ0n) is 54.7. The van der Waals surface area contributed by atoms with Gasteiger partial charge in [-0.2, -0.15) is 0 Å². The number of nitrogens with zero attached hydrogens (tertiary/aromatic N) is 2. The number of anilines is 2. The number of ether oxygens (including phenoxy) is 2. The highest BCUT2D eigenvalue weighted by atomic mass is 32.1. The van der Waals surface area contributed by atoms with Gasteiger partial charge in [-0.3, -0.25) is 0 Å². The average molecular weight is 1160 g/mol. The maximum atomic E-state index is 5.69. The summed E-state index contributed by atoms with van der Waals surface area (Å²) in [5.41, 5.74) is 5.99. The molecule has 0 amide bonds. The topological polar surface area (TPSA) is 26.6 Å². The van der Waals surface area contributed by atoms with E-state index in [1.165, 1.54) is 73.2 Å². The Bertz CT molecular complexity index is 3040. The van der Waals surface area contributed by atoms with Crippen molar-refractivity contribution in [1.29, 1.82) is 0 Å². The molecule has 0 N–H and O–H groups in total. The third-order valence-electron chi connectivity index (χ3n) is 12.2. The van der Waals surface area contributed by atoms with E-state index in [2.05, 4.69) is 280 Å². The van der Waals surface area contributed by atoms with E-state index in [-0.39, 0.29) is 29.3 Å². The molecule has 4 aromatic heterocycles. The molecule has 4 nitrogen and oxygen atoms in total. The molecule has 0 atom stereocenters. The Morgan fingerprint density at radius 3 is 1.11 bits per heavy atom. The quantitative estimate of drug-likeness (QED) is 0.173. The van der Waals surface area contributed by atoms with Crippen LogP contribution in [0.25, 0.3) is 32.6 Å². The highest BCUT2D eigenvalue weighted by molar-refractivity contribution is 7.14. The van der Waals surface area contributed by atoms with Gasteiger partial charge in [-0.15, -0.1) is 34.0 Å². The van der Waals surface area contributed by atoms with Crippen molar-refractivity contribution in [3.63, 3.8) is 0 Å². The second-order valence-electron chi connectivity index (χ2n) is 23.8. The van der Waals surface area contributed by atoms with E-state index in [0.29, 0.717) is 18.6 Å². The normalized spacial score (nSPS) is 11.6. The number of aromatic nitrogens is 1. The molecule has 1 aliphatic rings. The molecule has 0 bridgehead atoms. The minimum Gasteiger partial charge on any atom is -0.485 e. The van der Waals surface area contributed by atoms with Gasteiger partial charge in [0.05, 0.1) is 4.88 Å². The minimum absolute atomic E-state index is 0. The van der Waals surface area contributed by atoms with Crippen LogP contribution in [0.2, 0.25) is 0 Å². The van der Waals surface area contributed by atoms with E-state index in [0.717, 1.165) is 11.5 Å². The first-order valence-corrected chi connectivity index (χ1v) is 32.0. The zero-order valence-corrected chi connectivity index (χ0v) is 57.2. The molecule has 446 valence electrons. The summed E-state index contributed by atoms with van der Waals surface area (Å²) in [6.07, 6.45) is 0. The molecule has 1 aliphatic heterocycles. The number of aryl methyl sites for hydroxylation is 3. The largest absolute Gasteiger partial charge is 0.485 e. The molecular weight excluding hydrogens is 1050 g/mol. The van der Waals surface area contributed by atoms with Crippen molar-refractivity contribution >= 4 is 78.0 Å². The first-order valence-electron chi connectivity index (χ1n) is 29.5. The molecule has 10 rings (SSSR count). The van der Waals surface area contributed by atoms with Crippen LogP contribution in [0.15, 0.2) is 146 Å². The Morgan fingerprint density at radius 2 is 0.753 bits per heavy atom. The van der Waals surface area contributed by atoms with Gasteiger partial charge < -0.3 is 18.9 Å². The van der Waals surface area contributed by atoms with E-state index in [1.54, 1.807) is 11.3 Å². The molecule has 7 heteroatoms. The van der Waals surface area contributed by atoms with E-state index < -0.39 is 0 Å². The highest BCUT2D eigenvalue weighted by Crippen LogP contribution is 2.48. The summed E-state index contributed by atoms with van der Waals surface area (Å²) in [5, 5.41) is 5.54. The predicted octanol–water partition coefficient (Wildman–Crippen LogP) is 24.9. The second-order valence-corrected chi connectivity index (χ2v) is 27.5. The first-order chi connectivity index (χ1) is 37.7. The van der Waals surface area contributed by atoms with Crippen molar-refractivity contribution in [3.05, 3.63) is 175 Å². The zero-order chi connectivity index (χ0) is 60.8. The Kier molecular flexibility index (Phi) is 30.6. The second kappa shape index (κ2) is 33.7. The number of thiophene rings is 3. The maximum Gasteiger partial charge on any atom is 0.176 e. The van der Waals surface area contributed by atoms with Crippen molar-refractivity contribution in [3.8, 4) is 11.5 Å². The number of fused-ring (bicyclic) bond motifs is 5. The summed E-state index contributed by atoms with van der Waals surface area (Å²) in [4.78, 5) is 10.7. The maximum absolute atomic E-state index is 5.69. The van der Waals surface area contributed by atoms with Gasteiger partial charge in [0.1, 0.15) is 13.2 Å². The van der Waals surface area contributed by atoms with Crippen LogP contribution in [0.3, 0.4) is 0 Å². The highest BCUT2D eigenvalue weighted by Gasteiger charge is 2.29. The van der Waals surface area contributed by atoms with E-state index in [1.807, 2.05) is 78.1 Å². The van der Waals surface area contributed by atoms with Gasteiger partial charge in [0.2, 0.25) is 0 Å². The molecule has 0 spiro atoms. The lowest BCUT2D eigenvalue weighted by Crippen LogP contribution is -2.37. The smallest absolute Gasteiger partial charge is 0.176 e. The summed E-state index contributed by atoms with van der Waals surface area (Å²) in [7, 11) is 0. The number of rotatable bonds is 2. The molecular formula is C74H110N2O2S3. The number of para-hydroxylation sites is 4. The molecule has 0 saturated heterocycles. The van der Waals surface area contributed by atoms with Gasteiger partial charge >= 0.3 is 0 Å². The monoisotopic (exact) mass is 1150 g/mol. The van der Waals surface area contributed by atoms with Gasteiger partial charge in [0, 0.05) is 74.1 Å². The summed E-state index contributed by atoms with van der Waals surface area (Å²) in [5.74, 6) is 1.94. The molecule has 5 heterocycles. The summed E-state index contributed by atoms with van der Waals surface area (Å²) >= 11 is 5.62. The van der Waals surface area contributed by atoms with Crippen LogP contribution in [0.4, 0.5) is 11.4 Å². The number of hydrogen-bond donors (Lipinski definition) is 0. The Hall–Kier alpha value is -5.34. The molecule has 0 aliphatic carbocycles. The van der Waals surface area contributed by atoms with Crippen LogP contribution in [-0.2, 0) is 21.8 Å². The van der Waals surface area contributed by atoms with Crippen LogP contribution in [0.1, 0.15) is 196 Å². The molecule has 0 saturated carbocycles. The third kappa shape index (κ3) is 20.8. The van der Waals surface area contributed by atoms with Gasteiger partial charge in [-0.1, -0.05) is 222 Å². The van der Waals surface area contributed by atoms with Gasteiger partial charge in [0.15, 0.2) is 11.5 Å². The number of hydrogen-bond acceptors (Lipinski definition) is 6. The third-order valence-corrected chi connectivity index (χ3v) is 16.6. The first kappa shape index (κ1) is 73.7. The summed E-state index contributed by atoms with van der Waals surface area (Å²) in [6.45, 7) is 57.5. The number of benzene rings is 5. The summed E-state index contributed by atoms with van der Waals surface area (Å²) in [6, 6.07) is 51.4. The molecule has 0 unspecified atom stereocenters. The van der Waals surface area contributed by atoms with Crippen LogP contribution < -0.4 is 14.4 Å². The van der Waals surface area contributed by atoms with Crippen molar-refractivity contribution in [1.82, 2.24) is 4.57 Å². The van der Waals surface area contributed by atoms with Gasteiger partial charge in [-0.05, 0) is 132 Å². The van der Waals surface area contributed by atoms with E-state index in [4.69, 9.17) is 9.47 Å². The van der Waals surface area contributed by atoms with E-state index >= 15 is 0 Å². The SMILES string of the molecule is C.CC.CC.CC.CC.CC(C)(C)N(c1ccccc1)c1ccccc1.CC(C)(C)n1c2ccccc2c2ccccc21.Cc1ccc(C(C)(C)C)s1.Cc1sc(C(C)(C)C)c2c1OCCO2.Cc1sc(C(C)(C)C)c2ccccc12. The van der Waals surface area contributed by atoms with Crippen LogP contribution >= 0.6 is 34.0 Å². The van der Waals surface area contributed by atoms with Crippen LogP contribution in [-0.4, -0.2) is 23.3 Å². The van der Waals surface area contributed by atoms with E-state index in [9.17, 15) is 0 Å². The fourth-order valence-corrected chi connectivity index (χ4v) is 12.2. The fourth-order valence-electron chi connectivity index (χ4n) is 8.96. The lowest BCUT2D eigenvalue weighted by Gasteiger charge is -2.37.